The molecule has 1 amide bonds. The highest BCUT2D eigenvalue weighted by Crippen LogP contribution is 2.28. The standard InChI is InChI=1S/C25H26ClN5O2S/c26-20-12-6-7-13-21(20)33-16-22-29-30-24(31(22)19-10-4-3-5-11-19)34-17-23(32)28-25(18-27)14-8-1-2-9-15-25/h3-7,10-13H,1-2,8-9,14-17H2,(H,28,32). The van der Waals surface area contributed by atoms with Crippen LogP contribution in [0.3, 0.4) is 0 Å². The lowest BCUT2D eigenvalue weighted by Crippen LogP contribution is -2.47. The number of hydrogen-bond acceptors (Lipinski definition) is 6. The Bertz CT molecular complexity index is 1150. The molecule has 0 saturated heterocycles. The summed E-state index contributed by atoms with van der Waals surface area (Å²) in [6.45, 7) is 0.163. The van der Waals surface area contributed by atoms with Crippen LogP contribution >= 0.6 is 23.4 Å². The number of carbonyl (C=O) groups excluding carboxylic acids is 1. The van der Waals surface area contributed by atoms with E-state index >= 15 is 0 Å². The molecule has 0 spiro atoms. The number of hydrogen-bond donors (Lipinski definition) is 1. The normalized spacial score (nSPS) is 15.2. The van der Waals surface area contributed by atoms with E-state index < -0.39 is 5.54 Å². The van der Waals surface area contributed by atoms with Crippen molar-refractivity contribution in [2.24, 2.45) is 0 Å². The van der Waals surface area contributed by atoms with Gasteiger partial charge in [-0.15, -0.1) is 10.2 Å². The molecular formula is C25H26ClN5O2S. The smallest absolute Gasteiger partial charge is 0.231 e. The molecule has 0 atom stereocenters. The molecule has 0 aliphatic heterocycles. The van der Waals surface area contributed by atoms with Crippen molar-refractivity contribution in [1.29, 1.82) is 5.26 Å². The molecule has 34 heavy (non-hydrogen) atoms. The van der Waals surface area contributed by atoms with E-state index in [1.54, 1.807) is 12.1 Å². The summed E-state index contributed by atoms with van der Waals surface area (Å²) in [4.78, 5) is 12.8. The molecule has 2 aromatic carbocycles. The maximum absolute atomic E-state index is 12.8. The van der Waals surface area contributed by atoms with Crippen LogP contribution in [0.1, 0.15) is 44.3 Å². The fraction of sp³-hybridized carbons (Fsp3) is 0.360. The number of benzene rings is 2. The van der Waals surface area contributed by atoms with Crippen molar-refractivity contribution in [1.82, 2.24) is 20.1 Å². The van der Waals surface area contributed by atoms with E-state index in [0.29, 0.717) is 34.6 Å². The zero-order chi connectivity index (χ0) is 23.8. The second-order valence-corrected chi connectivity index (χ2v) is 9.58. The highest BCUT2D eigenvalue weighted by Gasteiger charge is 2.32. The van der Waals surface area contributed by atoms with Crippen LogP contribution in [0.5, 0.6) is 5.75 Å². The van der Waals surface area contributed by atoms with E-state index in [-0.39, 0.29) is 18.3 Å². The first-order chi connectivity index (χ1) is 16.6. The number of nitrogens with zero attached hydrogens (tertiary/aromatic N) is 4. The van der Waals surface area contributed by atoms with Gasteiger partial charge in [-0.05, 0) is 37.1 Å². The van der Waals surface area contributed by atoms with Crippen LogP contribution in [0.4, 0.5) is 0 Å². The Morgan fingerprint density at radius 3 is 2.50 bits per heavy atom. The molecule has 1 heterocycles. The third-order valence-corrected chi connectivity index (χ3v) is 7.03. The molecule has 1 saturated carbocycles. The summed E-state index contributed by atoms with van der Waals surface area (Å²) in [7, 11) is 0. The molecule has 0 radical (unpaired) electrons. The van der Waals surface area contributed by atoms with E-state index in [1.807, 2.05) is 47.0 Å². The van der Waals surface area contributed by atoms with Gasteiger partial charge in [-0.1, -0.05) is 79.4 Å². The number of nitrogens with one attached hydrogen (secondary N) is 1. The summed E-state index contributed by atoms with van der Waals surface area (Å²) < 4.78 is 7.76. The first kappa shape index (κ1) is 24.1. The number of halogens is 1. The second-order valence-electron chi connectivity index (χ2n) is 8.23. The Balaban J connectivity index is 1.48. The van der Waals surface area contributed by atoms with Gasteiger partial charge in [0.25, 0.3) is 0 Å². The van der Waals surface area contributed by atoms with E-state index in [0.717, 1.165) is 31.4 Å². The molecule has 1 aliphatic carbocycles. The Kier molecular flexibility index (Phi) is 8.09. The maximum Gasteiger partial charge on any atom is 0.231 e. The largest absolute Gasteiger partial charge is 0.484 e. The molecule has 1 N–H and O–H groups in total. The lowest BCUT2D eigenvalue weighted by atomic mass is 9.92. The van der Waals surface area contributed by atoms with Crippen molar-refractivity contribution in [3.8, 4) is 17.5 Å². The van der Waals surface area contributed by atoms with E-state index in [1.165, 1.54) is 11.8 Å². The average Bonchev–Trinajstić information content (AvgIpc) is 3.12. The quantitative estimate of drug-likeness (QED) is 0.335. The molecule has 9 heteroatoms. The summed E-state index contributed by atoms with van der Waals surface area (Å²) in [5.41, 5.74) is 0.0975. The number of nitriles is 1. The third-order valence-electron chi connectivity index (χ3n) is 5.79. The van der Waals surface area contributed by atoms with Gasteiger partial charge in [0.1, 0.15) is 17.9 Å². The fourth-order valence-electron chi connectivity index (χ4n) is 4.06. The van der Waals surface area contributed by atoms with E-state index in [9.17, 15) is 10.1 Å². The zero-order valence-corrected chi connectivity index (χ0v) is 20.3. The predicted octanol–water partition coefficient (Wildman–Crippen LogP) is 5.32. The van der Waals surface area contributed by atoms with Gasteiger partial charge in [0.05, 0.1) is 16.8 Å². The molecule has 1 aromatic heterocycles. The minimum absolute atomic E-state index is 0.139. The summed E-state index contributed by atoms with van der Waals surface area (Å²) in [5, 5.41) is 22.5. The number of para-hydroxylation sites is 2. The van der Waals surface area contributed by atoms with Crippen molar-refractivity contribution in [3.63, 3.8) is 0 Å². The van der Waals surface area contributed by atoms with Crippen LogP contribution in [0.15, 0.2) is 59.8 Å². The summed E-state index contributed by atoms with van der Waals surface area (Å²) in [5.74, 6) is 1.11. The zero-order valence-electron chi connectivity index (χ0n) is 18.7. The lowest BCUT2D eigenvalue weighted by Gasteiger charge is -2.26. The summed E-state index contributed by atoms with van der Waals surface area (Å²) in [6, 6.07) is 19.3. The molecule has 176 valence electrons. The van der Waals surface area contributed by atoms with E-state index in [4.69, 9.17) is 16.3 Å². The topological polar surface area (TPSA) is 92.8 Å². The molecule has 1 aliphatic rings. The number of aromatic nitrogens is 3. The van der Waals surface area contributed by atoms with Gasteiger partial charge in [-0.3, -0.25) is 9.36 Å². The van der Waals surface area contributed by atoms with Gasteiger partial charge < -0.3 is 10.1 Å². The first-order valence-electron chi connectivity index (χ1n) is 11.3. The monoisotopic (exact) mass is 495 g/mol. The Morgan fingerprint density at radius 1 is 1.09 bits per heavy atom. The van der Waals surface area contributed by atoms with Crippen LogP contribution in [-0.2, 0) is 11.4 Å². The fourth-order valence-corrected chi connectivity index (χ4v) is 5.02. The Morgan fingerprint density at radius 2 is 1.79 bits per heavy atom. The van der Waals surface area contributed by atoms with Crippen molar-refractivity contribution in [2.45, 2.75) is 55.8 Å². The Hall–Kier alpha value is -3.02. The predicted molar refractivity (Wildman–Crippen MR) is 132 cm³/mol. The third kappa shape index (κ3) is 5.91. The van der Waals surface area contributed by atoms with Crippen LogP contribution in [-0.4, -0.2) is 32.0 Å². The van der Waals surface area contributed by atoms with Crippen LogP contribution < -0.4 is 10.1 Å². The highest BCUT2D eigenvalue weighted by atomic mass is 35.5. The summed E-state index contributed by atoms with van der Waals surface area (Å²) >= 11 is 7.50. The number of ether oxygens (including phenoxy) is 1. The molecule has 1 fully saturated rings. The molecule has 0 unspecified atom stereocenters. The number of carbonyl (C=O) groups is 1. The van der Waals surface area contributed by atoms with Crippen LogP contribution in [0.25, 0.3) is 5.69 Å². The van der Waals surface area contributed by atoms with Crippen LogP contribution in [0.2, 0.25) is 5.02 Å². The van der Waals surface area contributed by atoms with Gasteiger partial charge in [0, 0.05) is 5.69 Å². The highest BCUT2D eigenvalue weighted by molar-refractivity contribution is 7.99. The molecule has 0 bridgehead atoms. The molecule has 3 aromatic rings. The van der Waals surface area contributed by atoms with Gasteiger partial charge >= 0.3 is 0 Å². The molecule has 4 rings (SSSR count). The molecular weight excluding hydrogens is 470 g/mol. The van der Waals surface area contributed by atoms with Crippen molar-refractivity contribution in [3.05, 3.63) is 65.4 Å². The maximum atomic E-state index is 12.8. The van der Waals surface area contributed by atoms with E-state index in [2.05, 4.69) is 21.6 Å². The van der Waals surface area contributed by atoms with Crippen LogP contribution in [0, 0.1) is 11.3 Å². The minimum Gasteiger partial charge on any atom is -0.484 e. The van der Waals surface area contributed by atoms with Gasteiger partial charge in [0.15, 0.2) is 11.0 Å². The Labute approximate surface area is 208 Å². The van der Waals surface area contributed by atoms with Gasteiger partial charge in [-0.2, -0.15) is 5.26 Å². The van der Waals surface area contributed by atoms with Gasteiger partial charge in [0.2, 0.25) is 5.91 Å². The van der Waals surface area contributed by atoms with Gasteiger partial charge in [-0.25, -0.2) is 0 Å². The van der Waals surface area contributed by atoms with Crippen molar-refractivity contribution >= 4 is 29.3 Å². The number of thioether (sulfide) groups is 1. The lowest BCUT2D eigenvalue weighted by molar-refractivity contribution is -0.120. The second kappa shape index (κ2) is 11.4. The number of amides is 1. The average molecular weight is 496 g/mol. The minimum atomic E-state index is -0.769. The molecule has 7 nitrogen and oxygen atoms in total. The SMILES string of the molecule is N#CC1(NC(=O)CSc2nnc(COc3ccccc3Cl)n2-c2ccccc2)CCCCCC1. The number of rotatable bonds is 8. The summed E-state index contributed by atoms with van der Waals surface area (Å²) in [6.07, 6.45) is 5.52. The van der Waals surface area contributed by atoms with Crippen molar-refractivity contribution in [2.75, 3.05) is 5.75 Å². The first-order valence-corrected chi connectivity index (χ1v) is 12.7. The van der Waals surface area contributed by atoms with Crippen molar-refractivity contribution < 1.29 is 9.53 Å².